The number of H-pyrrole nitrogens is 1. The second-order valence-corrected chi connectivity index (χ2v) is 9.27. The number of aromatic nitrogens is 2. The van der Waals surface area contributed by atoms with Crippen molar-refractivity contribution in [2.45, 2.75) is 45.6 Å². The van der Waals surface area contributed by atoms with Gasteiger partial charge in [-0.2, -0.15) is 0 Å². The predicted octanol–water partition coefficient (Wildman–Crippen LogP) is 0.722. The lowest BCUT2D eigenvalue weighted by molar-refractivity contribution is -0.137. The third-order valence-electron chi connectivity index (χ3n) is 5.54. The van der Waals surface area contributed by atoms with Gasteiger partial charge < -0.3 is 9.88 Å². The van der Waals surface area contributed by atoms with E-state index in [1.165, 1.54) is 10.6 Å². The Bertz CT molecular complexity index is 856. The van der Waals surface area contributed by atoms with Gasteiger partial charge >= 0.3 is 0 Å². The molecule has 0 aliphatic carbocycles. The maximum atomic E-state index is 13.0. The second kappa shape index (κ2) is 7.11. The molecule has 0 saturated carbocycles. The van der Waals surface area contributed by atoms with Gasteiger partial charge in [-0.25, -0.2) is 17.7 Å². The molecule has 0 radical (unpaired) electrons. The molecule has 26 heavy (non-hydrogen) atoms. The lowest BCUT2D eigenvalue weighted by Crippen LogP contribution is -2.44. The molecule has 1 amide bonds. The van der Waals surface area contributed by atoms with Gasteiger partial charge in [0.2, 0.25) is 15.9 Å². The van der Waals surface area contributed by atoms with Crippen LogP contribution in [-0.2, 0) is 14.8 Å². The highest BCUT2D eigenvalue weighted by molar-refractivity contribution is 7.88. The Kier molecular flexibility index (Phi) is 5.21. The largest absolute Gasteiger partial charge is 0.332 e. The number of aryl methyl sites for hydroxylation is 1. The standard InChI is InChI=1S/C17H26N4O4S/c1-11-12(2)18-15(19-16(11)22)14-5-4-8-21(14)17(23)13-6-9-20(10-7-13)26(3,24)25/h13-14H,4-10H2,1-3H3,(H,18,19,22)/t14-/m1/s1. The number of hydrogen-bond acceptors (Lipinski definition) is 5. The molecule has 2 fully saturated rings. The molecular weight excluding hydrogens is 356 g/mol. The van der Waals surface area contributed by atoms with E-state index in [-0.39, 0.29) is 23.4 Å². The van der Waals surface area contributed by atoms with Crippen LogP contribution in [0.5, 0.6) is 0 Å². The zero-order valence-electron chi connectivity index (χ0n) is 15.5. The van der Waals surface area contributed by atoms with Crippen LogP contribution in [0.25, 0.3) is 0 Å². The molecule has 0 aromatic carbocycles. The molecule has 9 heteroatoms. The molecule has 3 heterocycles. The molecule has 1 aromatic rings. The predicted molar refractivity (Wildman–Crippen MR) is 97.2 cm³/mol. The first-order valence-electron chi connectivity index (χ1n) is 9.01. The van der Waals surface area contributed by atoms with Gasteiger partial charge in [-0.1, -0.05) is 0 Å². The molecule has 0 spiro atoms. The Morgan fingerprint density at radius 1 is 1.15 bits per heavy atom. The van der Waals surface area contributed by atoms with Crippen molar-refractivity contribution in [2.75, 3.05) is 25.9 Å². The highest BCUT2D eigenvalue weighted by atomic mass is 32.2. The van der Waals surface area contributed by atoms with E-state index in [9.17, 15) is 18.0 Å². The van der Waals surface area contributed by atoms with E-state index < -0.39 is 10.0 Å². The average Bonchev–Trinajstić information content (AvgIpc) is 3.07. The van der Waals surface area contributed by atoms with Crippen molar-refractivity contribution < 1.29 is 13.2 Å². The van der Waals surface area contributed by atoms with E-state index in [1.54, 1.807) is 13.8 Å². The van der Waals surface area contributed by atoms with Crippen molar-refractivity contribution in [1.29, 1.82) is 0 Å². The van der Waals surface area contributed by atoms with Crippen LogP contribution in [0.2, 0.25) is 0 Å². The minimum atomic E-state index is -3.20. The monoisotopic (exact) mass is 382 g/mol. The van der Waals surface area contributed by atoms with Crippen molar-refractivity contribution in [2.24, 2.45) is 5.92 Å². The summed E-state index contributed by atoms with van der Waals surface area (Å²) in [5.41, 5.74) is 1.12. The number of sulfonamides is 1. The number of amides is 1. The van der Waals surface area contributed by atoms with Crippen molar-refractivity contribution in [3.05, 3.63) is 27.4 Å². The van der Waals surface area contributed by atoms with E-state index >= 15 is 0 Å². The highest BCUT2D eigenvalue weighted by Gasteiger charge is 2.37. The number of piperidine rings is 1. The zero-order chi connectivity index (χ0) is 19.1. The number of aromatic amines is 1. The minimum Gasteiger partial charge on any atom is -0.332 e. The van der Waals surface area contributed by atoms with Gasteiger partial charge in [-0.3, -0.25) is 9.59 Å². The first kappa shape index (κ1) is 19.0. The first-order chi connectivity index (χ1) is 12.2. The van der Waals surface area contributed by atoms with Gasteiger partial charge in [0.1, 0.15) is 5.82 Å². The number of nitrogens with zero attached hydrogens (tertiary/aromatic N) is 3. The summed E-state index contributed by atoms with van der Waals surface area (Å²) in [6, 6.07) is -0.206. The first-order valence-corrected chi connectivity index (χ1v) is 10.9. The van der Waals surface area contributed by atoms with Gasteiger partial charge in [-0.05, 0) is 39.5 Å². The fourth-order valence-electron chi connectivity index (χ4n) is 3.81. The summed E-state index contributed by atoms with van der Waals surface area (Å²) in [7, 11) is -3.20. The van der Waals surface area contributed by atoms with Crippen LogP contribution in [0.3, 0.4) is 0 Å². The molecule has 1 N–H and O–H groups in total. The number of hydrogen-bond donors (Lipinski definition) is 1. The Morgan fingerprint density at radius 3 is 2.38 bits per heavy atom. The van der Waals surface area contributed by atoms with E-state index in [2.05, 4.69) is 9.97 Å². The summed E-state index contributed by atoms with van der Waals surface area (Å²) in [6.07, 6.45) is 3.92. The summed E-state index contributed by atoms with van der Waals surface area (Å²) in [4.78, 5) is 34.2. The van der Waals surface area contributed by atoms with E-state index in [0.29, 0.717) is 49.6 Å². The second-order valence-electron chi connectivity index (χ2n) is 7.29. The molecular formula is C17H26N4O4S. The van der Waals surface area contributed by atoms with E-state index in [0.717, 1.165) is 12.8 Å². The topological polar surface area (TPSA) is 103 Å². The molecule has 2 aliphatic heterocycles. The fourth-order valence-corrected chi connectivity index (χ4v) is 4.68. The highest BCUT2D eigenvalue weighted by Crippen LogP contribution is 2.33. The number of carbonyl (C=O) groups excluding carboxylic acids is 1. The molecule has 1 aromatic heterocycles. The molecule has 0 unspecified atom stereocenters. The molecule has 3 rings (SSSR count). The lowest BCUT2D eigenvalue weighted by Gasteiger charge is -2.33. The van der Waals surface area contributed by atoms with Gasteiger partial charge in [0.15, 0.2) is 0 Å². The maximum absolute atomic E-state index is 13.0. The Morgan fingerprint density at radius 2 is 1.81 bits per heavy atom. The summed E-state index contributed by atoms with van der Waals surface area (Å²) in [5.74, 6) is 0.422. The van der Waals surface area contributed by atoms with Crippen molar-refractivity contribution >= 4 is 15.9 Å². The Balaban J connectivity index is 1.75. The summed E-state index contributed by atoms with van der Waals surface area (Å²) in [6.45, 7) is 4.94. The molecule has 2 aliphatic rings. The average molecular weight is 382 g/mol. The SMILES string of the molecule is Cc1nc([C@H]2CCCN2C(=O)C2CCN(S(C)(=O)=O)CC2)[nH]c(=O)c1C. The van der Waals surface area contributed by atoms with Crippen LogP contribution in [-0.4, -0.2) is 59.4 Å². The van der Waals surface area contributed by atoms with Crippen LogP contribution in [0.15, 0.2) is 4.79 Å². The van der Waals surface area contributed by atoms with Crippen molar-refractivity contribution in [3.63, 3.8) is 0 Å². The third-order valence-corrected chi connectivity index (χ3v) is 6.84. The van der Waals surface area contributed by atoms with Crippen molar-refractivity contribution in [1.82, 2.24) is 19.2 Å². The Labute approximate surface area is 153 Å². The zero-order valence-corrected chi connectivity index (χ0v) is 16.3. The molecule has 2 saturated heterocycles. The normalized spacial score (nSPS) is 22.7. The fraction of sp³-hybridized carbons (Fsp3) is 0.706. The summed E-state index contributed by atoms with van der Waals surface area (Å²) in [5, 5.41) is 0. The molecule has 0 bridgehead atoms. The third kappa shape index (κ3) is 3.68. The van der Waals surface area contributed by atoms with Crippen molar-refractivity contribution in [3.8, 4) is 0 Å². The van der Waals surface area contributed by atoms with Crippen LogP contribution >= 0.6 is 0 Å². The smallest absolute Gasteiger partial charge is 0.254 e. The number of carbonyl (C=O) groups is 1. The van der Waals surface area contributed by atoms with Crippen LogP contribution in [0.4, 0.5) is 0 Å². The van der Waals surface area contributed by atoms with Gasteiger partial charge in [0, 0.05) is 36.8 Å². The number of nitrogens with one attached hydrogen (secondary N) is 1. The van der Waals surface area contributed by atoms with Crippen LogP contribution in [0, 0.1) is 19.8 Å². The van der Waals surface area contributed by atoms with Gasteiger partial charge in [-0.15, -0.1) is 0 Å². The van der Waals surface area contributed by atoms with E-state index in [1.807, 2.05) is 4.90 Å². The van der Waals surface area contributed by atoms with Crippen LogP contribution < -0.4 is 5.56 Å². The summed E-state index contributed by atoms with van der Waals surface area (Å²) >= 11 is 0. The molecule has 8 nitrogen and oxygen atoms in total. The molecule has 144 valence electrons. The van der Waals surface area contributed by atoms with Crippen LogP contribution in [0.1, 0.15) is 48.8 Å². The van der Waals surface area contributed by atoms with Gasteiger partial charge in [0.05, 0.1) is 12.3 Å². The van der Waals surface area contributed by atoms with E-state index in [4.69, 9.17) is 0 Å². The minimum absolute atomic E-state index is 0.0431. The van der Waals surface area contributed by atoms with Gasteiger partial charge in [0.25, 0.3) is 5.56 Å². The Hall–Kier alpha value is -1.74. The number of likely N-dealkylation sites (tertiary alicyclic amines) is 1. The maximum Gasteiger partial charge on any atom is 0.254 e. The molecule has 1 atom stereocenters. The lowest BCUT2D eigenvalue weighted by atomic mass is 9.96. The quantitative estimate of drug-likeness (QED) is 0.830. The number of rotatable bonds is 3. The summed E-state index contributed by atoms with van der Waals surface area (Å²) < 4.78 is 24.7.